The fourth-order valence-corrected chi connectivity index (χ4v) is 3.00. The molecular weight excluding hydrogens is 343 g/mol. The molecule has 0 atom stereocenters. The van der Waals surface area contributed by atoms with Crippen LogP contribution in [0.15, 0.2) is 54.7 Å². The van der Waals surface area contributed by atoms with Crippen LogP contribution < -0.4 is 9.47 Å². The third-order valence-corrected chi connectivity index (χ3v) is 4.24. The number of rotatable bonds is 5. The first-order chi connectivity index (χ1) is 12.3. The Labute approximate surface area is 148 Å². The van der Waals surface area contributed by atoms with E-state index in [9.17, 15) is 4.39 Å². The van der Waals surface area contributed by atoms with Crippen molar-refractivity contribution in [3.63, 3.8) is 0 Å². The number of hydrogen-bond donors (Lipinski definition) is 1. The second-order valence-corrected chi connectivity index (χ2v) is 5.93. The number of nitrogens with one attached hydrogen (secondary N) is 1. The number of aromatic amines is 1. The van der Waals surface area contributed by atoms with E-state index in [4.69, 9.17) is 21.1 Å². The van der Waals surface area contributed by atoms with Gasteiger partial charge in [0.15, 0.2) is 0 Å². The van der Waals surface area contributed by atoms with Crippen LogP contribution in [-0.2, 0) is 6.61 Å². The van der Waals surface area contributed by atoms with Crippen LogP contribution in [0.25, 0.3) is 21.8 Å². The fourth-order valence-electron chi connectivity index (χ4n) is 2.81. The van der Waals surface area contributed by atoms with Crippen molar-refractivity contribution in [1.82, 2.24) is 9.97 Å². The number of nitrogens with zero attached hydrogens (tertiary/aromatic N) is 1. The number of fused-ring (bicyclic) bond motifs is 3. The maximum atomic E-state index is 12.6. The molecule has 0 aliphatic carbocycles. The normalized spacial score (nSPS) is 11.1. The number of ether oxygens (including phenoxy) is 2. The summed E-state index contributed by atoms with van der Waals surface area (Å²) in [4.78, 5) is 7.30. The minimum absolute atomic E-state index is 0.214. The summed E-state index contributed by atoms with van der Waals surface area (Å²) in [5.74, 6) is 0.936. The van der Waals surface area contributed by atoms with Crippen molar-refractivity contribution in [2.75, 3.05) is 6.86 Å². The molecule has 0 radical (unpaired) electrons. The van der Waals surface area contributed by atoms with E-state index in [-0.39, 0.29) is 5.88 Å². The molecule has 0 bridgehead atoms. The van der Waals surface area contributed by atoms with Gasteiger partial charge in [-0.05, 0) is 17.7 Å². The maximum Gasteiger partial charge on any atom is 0.230 e. The topological polar surface area (TPSA) is 47.1 Å². The third kappa shape index (κ3) is 2.98. The quantitative estimate of drug-likeness (QED) is 0.531. The van der Waals surface area contributed by atoms with Gasteiger partial charge in [-0.15, -0.1) is 0 Å². The number of benzene rings is 2. The van der Waals surface area contributed by atoms with Crippen LogP contribution >= 0.6 is 11.6 Å². The van der Waals surface area contributed by atoms with E-state index in [0.29, 0.717) is 22.5 Å². The zero-order valence-electron chi connectivity index (χ0n) is 13.1. The summed E-state index contributed by atoms with van der Waals surface area (Å²) >= 11 is 6.21. The van der Waals surface area contributed by atoms with Crippen molar-refractivity contribution >= 4 is 33.4 Å². The standard InChI is InChI=1S/C19H14ClFN2O2/c20-15-9-22-19(25-11-21)17-14-7-6-13(8-16(14)23-18(15)17)24-10-12-4-2-1-3-5-12/h1-9,23H,10-11H2. The van der Waals surface area contributed by atoms with Crippen LogP contribution in [0.4, 0.5) is 4.39 Å². The zero-order chi connectivity index (χ0) is 17.2. The van der Waals surface area contributed by atoms with E-state index in [1.165, 1.54) is 6.20 Å². The Kier molecular flexibility index (Phi) is 4.15. The molecule has 126 valence electrons. The third-order valence-electron chi connectivity index (χ3n) is 3.96. The molecule has 1 N–H and O–H groups in total. The van der Waals surface area contributed by atoms with Crippen molar-refractivity contribution < 1.29 is 13.9 Å². The molecule has 0 fully saturated rings. The predicted octanol–water partition coefficient (Wildman–Crippen LogP) is 5.25. The lowest BCUT2D eigenvalue weighted by molar-refractivity contribution is 0.187. The summed E-state index contributed by atoms with van der Waals surface area (Å²) < 4.78 is 23.4. The Morgan fingerprint density at radius 3 is 2.72 bits per heavy atom. The minimum Gasteiger partial charge on any atom is -0.489 e. The summed E-state index contributed by atoms with van der Waals surface area (Å²) in [5, 5.41) is 1.96. The van der Waals surface area contributed by atoms with Gasteiger partial charge in [0.05, 0.1) is 27.6 Å². The lowest BCUT2D eigenvalue weighted by Gasteiger charge is -2.06. The van der Waals surface area contributed by atoms with Gasteiger partial charge in [0.2, 0.25) is 12.7 Å². The summed E-state index contributed by atoms with van der Waals surface area (Å²) in [6.45, 7) is -0.472. The molecule has 6 heteroatoms. The SMILES string of the molecule is FCOc1ncc(Cl)c2[nH]c3cc(OCc4ccccc4)ccc3c12. The number of hydrogen-bond acceptors (Lipinski definition) is 3. The molecule has 25 heavy (non-hydrogen) atoms. The van der Waals surface area contributed by atoms with Gasteiger partial charge in [0.25, 0.3) is 0 Å². The average Bonchev–Trinajstić information content (AvgIpc) is 3.03. The van der Waals surface area contributed by atoms with Gasteiger partial charge >= 0.3 is 0 Å². The van der Waals surface area contributed by atoms with E-state index in [2.05, 4.69) is 9.97 Å². The van der Waals surface area contributed by atoms with E-state index < -0.39 is 6.86 Å². The number of aromatic nitrogens is 2. The summed E-state index contributed by atoms with van der Waals surface area (Å²) in [6, 6.07) is 15.6. The van der Waals surface area contributed by atoms with Gasteiger partial charge in [-0.3, -0.25) is 0 Å². The monoisotopic (exact) mass is 356 g/mol. The second kappa shape index (κ2) is 6.61. The maximum absolute atomic E-state index is 12.6. The molecule has 2 aromatic carbocycles. The van der Waals surface area contributed by atoms with Crippen LogP contribution in [0.2, 0.25) is 5.02 Å². The minimum atomic E-state index is -0.950. The zero-order valence-corrected chi connectivity index (χ0v) is 13.9. The number of H-pyrrole nitrogens is 1. The molecule has 4 aromatic rings. The highest BCUT2D eigenvalue weighted by Crippen LogP contribution is 2.36. The van der Waals surface area contributed by atoms with Gasteiger partial charge < -0.3 is 14.5 Å². The fraction of sp³-hybridized carbons (Fsp3) is 0.105. The lowest BCUT2D eigenvalue weighted by Crippen LogP contribution is -1.94. The Morgan fingerprint density at radius 2 is 1.92 bits per heavy atom. The number of pyridine rings is 1. The number of alkyl halides is 1. The lowest BCUT2D eigenvalue weighted by atomic mass is 10.2. The molecule has 0 amide bonds. The molecule has 0 aliphatic heterocycles. The van der Waals surface area contributed by atoms with Crippen LogP contribution in [0, 0.1) is 0 Å². The van der Waals surface area contributed by atoms with Gasteiger partial charge in [0, 0.05) is 11.5 Å². The molecule has 0 saturated heterocycles. The largest absolute Gasteiger partial charge is 0.489 e. The summed E-state index contributed by atoms with van der Waals surface area (Å²) in [6.07, 6.45) is 1.44. The first-order valence-corrected chi connectivity index (χ1v) is 8.09. The molecule has 0 aliphatic rings. The van der Waals surface area contributed by atoms with Crippen molar-refractivity contribution in [3.8, 4) is 11.6 Å². The average molecular weight is 357 g/mol. The van der Waals surface area contributed by atoms with E-state index in [0.717, 1.165) is 22.2 Å². The molecule has 0 unspecified atom stereocenters. The first kappa shape index (κ1) is 15.7. The van der Waals surface area contributed by atoms with E-state index >= 15 is 0 Å². The van der Waals surface area contributed by atoms with Crippen LogP contribution in [0.5, 0.6) is 11.6 Å². The van der Waals surface area contributed by atoms with Gasteiger partial charge in [0.1, 0.15) is 12.4 Å². The molecule has 4 rings (SSSR count). The molecule has 4 nitrogen and oxygen atoms in total. The molecule has 0 saturated carbocycles. The van der Waals surface area contributed by atoms with Gasteiger partial charge in [-0.2, -0.15) is 0 Å². The Bertz CT molecular complexity index is 1030. The van der Waals surface area contributed by atoms with Crippen LogP contribution in [0.1, 0.15) is 5.56 Å². The highest BCUT2D eigenvalue weighted by molar-refractivity contribution is 6.36. The molecule has 2 heterocycles. The van der Waals surface area contributed by atoms with Crippen LogP contribution in [-0.4, -0.2) is 16.8 Å². The van der Waals surface area contributed by atoms with Crippen molar-refractivity contribution in [1.29, 1.82) is 0 Å². The predicted molar refractivity (Wildman–Crippen MR) is 96.0 cm³/mol. The molecular formula is C19H14ClFN2O2. The highest BCUT2D eigenvalue weighted by Gasteiger charge is 2.15. The number of halogens is 2. The summed E-state index contributed by atoms with van der Waals surface area (Å²) in [7, 11) is 0. The van der Waals surface area contributed by atoms with Gasteiger partial charge in [-0.25, -0.2) is 9.37 Å². The molecule has 2 aromatic heterocycles. The Balaban J connectivity index is 1.72. The first-order valence-electron chi connectivity index (χ1n) is 7.71. The van der Waals surface area contributed by atoms with Crippen LogP contribution in [0.3, 0.4) is 0 Å². The van der Waals surface area contributed by atoms with Crippen molar-refractivity contribution in [3.05, 3.63) is 65.3 Å². The smallest absolute Gasteiger partial charge is 0.230 e. The van der Waals surface area contributed by atoms with Gasteiger partial charge in [-0.1, -0.05) is 41.9 Å². The Hall–Kier alpha value is -2.79. The van der Waals surface area contributed by atoms with E-state index in [1.54, 1.807) is 0 Å². The summed E-state index contributed by atoms with van der Waals surface area (Å²) in [5.41, 5.74) is 2.57. The Morgan fingerprint density at radius 1 is 1.08 bits per heavy atom. The highest BCUT2D eigenvalue weighted by atomic mass is 35.5. The van der Waals surface area contributed by atoms with E-state index in [1.807, 2.05) is 48.5 Å². The molecule has 0 spiro atoms. The van der Waals surface area contributed by atoms with Crippen molar-refractivity contribution in [2.45, 2.75) is 6.61 Å². The van der Waals surface area contributed by atoms with Crippen molar-refractivity contribution in [2.24, 2.45) is 0 Å². The second-order valence-electron chi connectivity index (χ2n) is 5.52.